The summed E-state index contributed by atoms with van der Waals surface area (Å²) in [5.41, 5.74) is 3.04. The lowest BCUT2D eigenvalue weighted by Gasteiger charge is -2.20. The SMILES string of the molecule is C=CCN(CC=C)C(=O)c1cc(-c2ccc(Cl)cc2)nc2ccccc12. The molecule has 0 saturated carbocycles. The largest absolute Gasteiger partial charge is 0.331 e. The van der Waals surface area contributed by atoms with E-state index in [1.807, 2.05) is 54.6 Å². The summed E-state index contributed by atoms with van der Waals surface area (Å²) in [6, 6.07) is 16.9. The fourth-order valence-corrected chi connectivity index (χ4v) is 2.97. The number of para-hydroxylation sites is 1. The normalized spacial score (nSPS) is 10.5. The van der Waals surface area contributed by atoms with Crippen molar-refractivity contribution >= 4 is 28.4 Å². The third-order valence-corrected chi connectivity index (χ3v) is 4.32. The summed E-state index contributed by atoms with van der Waals surface area (Å²) < 4.78 is 0. The van der Waals surface area contributed by atoms with Crippen molar-refractivity contribution in [2.75, 3.05) is 13.1 Å². The van der Waals surface area contributed by atoms with E-state index in [0.29, 0.717) is 23.7 Å². The van der Waals surface area contributed by atoms with Crippen molar-refractivity contribution in [3.8, 4) is 11.3 Å². The molecule has 0 unspecified atom stereocenters. The molecule has 3 rings (SSSR count). The molecule has 0 fully saturated rings. The Hall–Kier alpha value is -2.91. The number of benzene rings is 2. The molecule has 2 aromatic carbocycles. The first-order valence-electron chi connectivity index (χ1n) is 8.31. The van der Waals surface area contributed by atoms with E-state index >= 15 is 0 Å². The second-order valence-corrected chi connectivity index (χ2v) is 6.30. The molecule has 1 heterocycles. The number of hydrogen-bond donors (Lipinski definition) is 0. The second-order valence-electron chi connectivity index (χ2n) is 5.87. The van der Waals surface area contributed by atoms with Gasteiger partial charge in [-0.3, -0.25) is 4.79 Å². The predicted molar refractivity (Wildman–Crippen MR) is 108 cm³/mol. The van der Waals surface area contributed by atoms with Gasteiger partial charge in [-0.05, 0) is 24.3 Å². The summed E-state index contributed by atoms with van der Waals surface area (Å²) in [5.74, 6) is -0.0707. The molecule has 0 spiro atoms. The molecule has 4 heteroatoms. The van der Waals surface area contributed by atoms with Crippen molar-refractivity contribution < 1.29 is 4.79 Å². The van der Waals surface area contributed by atoms with Crippen LogP contribution in [-0.2, 0) is 0 Å². The number of fused-ring (bicyclic) bond motifs is 1. The van der Waals surface area contributed by atoms with Crippen LogP contribution in [0.5, 0.6) is 0 Å². The average Bonchev–Trinajstić information content (AvgIpc) is 2.67. The number of amides is 1. The molecule has 0 atom stereocenters. The van der Waals surface area contributed by atoms with Crippen LogP contribution in [0.15, 0.2) is 79.9 Å². The zero-order valence-corrected chi connectivity index (χ0v) is 15.1. The van der Waals surface area contributed by atoms with Crippen LogP contribution in [-0.4, -0.2) is 28.9 Å². The lowest BCUT2D eigenvalue weighted by atomic mass is 10.0. The highest BCUT2D eigenvalue weighted by molar-refractivity contribution is 6.30. The minimum atomic E-state index is -0.0707. The van der Waals surface area contributed by atoms with E-state index in [1.54, 1.807) is 17.1 Å². The first-order valence-corrected chi connectivity index (χ1v) is 8.68. The molecule has 0 aliphatic carbocycles. The van der Waals surface area contributed by atoms with Gasteiger partial charge in [0.1, 0.15) is 0 Å². The van der Waals surface area contributed by atoms with Gasteiger partial charge in [-0.15, -0.1) is 13.2 Å². The second kappa shape index (κ2) is 7.98. The maximum Gasteiger partial charge on any atom is 0.255 e. The van der Waals surface area contributed by atoms with E-state index in [1.165, 1.54) is 0 Å². The first-order chi connectivity index (χ1) is 12.6. The summed E-state index contributed by atoms with van der Waals surface area (Å²) >= 11 is 5.99. The fourth-order valence-electron chi connectivity index (χ4n) is 2.84. The molecule has 1 aromatic heterocycles. The van der Waals surface area contributed by atoms with Crippen LogP contribution in [0.25, 0.3) is 22.2 Å². The Kier molecular flexibility index (Phi) is 5.49. The van der Waals surface area contributed by atoms with E-state index in [9.17, 15) is 4.79 Å². The predicted octanol–water partition coefficient (Wildman–Crippen LogP) is 5.37. The van der Waals surface area contributed by atoms with Crippen LogP contribution in [0.1, 0.15) is 10.4 Å². The smallest absolute Gasteiger partial charge is 0.255 e. The molecule has 0 bridgehead atoms. The Morgan fingerprint density at radius 1 is 1.04 bits per heavy atom. The first kappa shape index (κ1) is 17.9. The zero-order valence-electron chi connectivity index (χ0n) is 14.4. The van der Waals surface area contributed by atoms with Crippen molar-refractivity contribution in [3.05, 3.63) is 90.5 Å². The number of nitrogens with zero attached hydrogens (tertiary/aromatic N) is 2. The third-order valence-electron chi connectivity index (χ3n) is 4.07. The minimum absolute atomic E-state index is 0.0707. The summed E-state index contributed by atoms with van der Waals surface area (Å²) in [4.78, 5) is 19.6. The zero-order chi connectivity index (χ0) is 18.5. The lowest BCUT2D eigenvalue weighted by molar-refractivity contribution is 0.0793. The number of aromatic nitrogens is 1. The molecule has 0 aliphatic rings. The minimum Gasteiger partial charge on any atom is -0.331 e. The highest BCUT2D eigenvalue weighted by Gasteiger charge is 2.18. The standard InChI is InChI=1S/C22H19ClN2O/c1-3-13-25(14-4-2)22(26)19-15-21(16-9-11-17(23)12-10-16)24-20-8-6-5-7-18(19)20/h3-12,15H,1-2,13-14H2. The van der Waals surface area contributed by atoms with Crippen LogP contribution < -0.4 is 0 Å². The molecule has 26 heavy (non-hydrogen) atoms. The average molecular weight is 363 g/mol. The summed E-state index contributed by atoms with van der Waals surface area (Å²) in [6.07, 6.45) is 3.43. The summed E-state index contributed by atoms with van der Waals surface area (Å²) in [7, 11) is 0. The Morgan fingerprint density at radius 3 is 2.35 bits per heavy atom. The maximum absolute atomic E-state index is 13.2. The Morgan fingerprint density at radius 2 is 1.69 bits per heavy atom. The molecule has 0 N–H and O–H groups in total. The number of halogens is 1. The molecule has 3 aromatic rings. The number of rotatable bonds is 6. The van der Waals surface area contributed by atoms with E-state index in [-0.39, 0.29) is 5.91 Å². The molecule has 0 radical (unpaired) electrons. The van der Waals surface area contributed by atoms with E-state index in [0.717, 1.165) is 22.2 Å². The van der Waals surface area contributed by atoms with Gasteiger partial charge in [-0.2, -0.15) is 0 Å². The van der Waals surface area contributed by atoms with E-state index < -0.39 is 0 Å². The van der Waals surface area contributed by atoms with Crippen molar-refractivity contribution in [1.29, 1.82) is 0 Å². The third kappa shape index (κ3) is 3.68. The molecule has 3 nitrogen and oxygen atoms in total. The molecule has 1 amide bonds. The lowest BCUT2D eigenvalue weighted by Crippen LogP contribution is -2.31. The van der Waals surface area contributed by atoms with Gasteiger partial charge in [0.2, 0.25) is 0 Å². The van der Waals surface area contributed by atoms with Crippen molar-refractivity contribution in [3.63, 3.8) is 0 Å². The van der Waals surface area contributed by atoms with Crippen molar-refractivity contribution in [2.45, 2.75) is 0 Å². The number of carbonyl (C=O) groups is 1. The van der Waals surface area contributed by atoms with Gasteiger partial charge in [-0.25, -0.2) is 4.98 Å². The van der Waals surface area contributed by atoms with Gasteiger partial charge in [0, 0.05) is 29.1 Å². The van der Waals surface area contributed by atoms with Gasteiger partial charge in [0.05, 0.1) is 16.8 Å². The monoisotopic (exact) mass is 362 g/mol. The highest BCUT2D eigenvalue weighted by Crippen LogP contribution is 2.26. The number of hydrogen-bond acceptors (Lipinski definition) is 2. The quantitative estimate of drug-likeness (QED) is 0.552. The summed E-state index contributed by atoms with van der Waals surface area (Å²) in [6.45, 7) is 8.40. The van der Waals surface area contributed by atoms with Gasteiger partial charge in [-0.1, -0.05) is 54.1 Å². The van der Waals surface area contributed by atoms with Crippen LogP contribution >= 0.6 is 11.6 Å². The highest BCUT2D eigenvalue weighted by atomic mass is 35.5. The Labute approximate surface area is 158 Å². The fraction of sp³-hybridized carbons (Fsp3) is 0.0909. The number of carbonyl (C=O) groups excluding carboxylic acids is 1. The van der Waals surface area contributed by atoms with Crippen LogP contribution in [0.2, 0.25) is 5.02 Å². The van der Waals surface area contributed by atoms with Crippen molar-refractivity contribution in [1.82, 2.24) is 9.88 Å². The molecule has 0 aliphatic heterocycles. The van der Waals surface area contributed by atoms with Gasteiger partial charge in [0.15, 0.2) is 0 Å². The number of pyridine rings is 1. The summed E-state index contributed by atoms with van der Waals surface area (Å²) in [5, 5.41) is 1.49. The molecular weight excluding hydrogens is 344 g/mol. The van der Waals surface area contributed by atoms with Gasteiger partial charge < -0.3 is 4.90 Å². The molecule has 0 saturated heterocycles. The van der Waals surface area contributed by atoms with Crippen molar-refractivity contribution in [2.24, 2.45) is 0 Å². The topological polar surface area (TPSA) is 33.2 Å². The Balaban J connectivity index is 2.16. The van der Waals surface area contributed by atoms with Gasteiger partial charge in [0.25, 0.3) is 5.91 Å². The molecule has 130 valence electrons. The van der Waals surface area contributed by atoms with Crippen LogP contribution in [0, 0.1) is 0 Å². The van der Waals surface area contributed by atoms with Crippen LogP contribution in [0.3, 0.4) is 0 Å². The molecular formula is C22H19ClN2O. The van der Waals surface area contributed by atoms with Crippen LogP contribution in [0.4, 0.5) is 0 Å². The Bertz CT molecular complexity index is 954. The van der Waals surface area contributed by atoms with Gasteiger partial charge >= 0.3 is 0 Å². The maximum atomic E-state index is 13.2. The van der Waals surface area contributed by atoms with E-state index in [2.05, 4.69) is 13.2 Å². The van der Waals surface area contributed by atoms with E-state index in [4.69, 9.17) is 16.6 Å².